The Kier molecular flexibility index (Phi) is 3.40. The minimum Gasteiger partial charge on any atom is -0.324 e. The van der Waals surface area contributed by atoms with E-state index in [1.807, 2.05) is 31.2 Å². The van der Waals surface area contributed by atoms with Gasteiger partial charge in [0, 0.05) is 11.9 Å². The van der Waals surface area contributed by atoms with Gasteiger partial charge in [-0.3, -0.25) is 0 Å². The van der Waals surface area contributed by atoms with Crippen LogP contribution in [0.3, 0.4) is 0 Å². The number of rotatable bonds is 2. The molecule has 0 bridgehead atoms. The lowest BCUT2D eigenvalue weighted by atomic mass is 10.1. The van der Waals surface area contributed by atoms with E-state index in [9.17, 15) is 9.65 Å². The highest BCUT2D eigenvalue weighted by Gasteiger charge is 2.18. The van der Waals surface area contributed by atoms with Gasteiger partial charge in [0.1, 0.15) is 17.0 Å². The first-order valence-corrected chi connectivity index (χ1v) is 6.92. The topological polar surface area (TPSA) is 28.7 Å². The quantitative estimate of drug-likeness (QED) is 0.676. The summed E-state index contributed by atoms with van der Waals surface area (Å²) in [6.07, 6.45) is 0. The van der Waals surface area contributed by atoms with Crippen LogP contribution in [0, 0.1) is 24.1 Å². The van der Waals surface area contributed by atoms with Gasteiger partial charge in [-0.05, 0) is 24.1 Å². The Balaban J connectivity index is 2.26. The summed E-state index contributed by atoms with van der Waals surface area (Å²) < 4.78 is 15.9. The van der Waals surface area contributed by atoms with E-state index in [0.29, 0.717) is 23.0 Å². The SMILES string of the molecule is Cc1ccccc1Cn1c(Cl)c(C#N)c2cccc(F)c21. The molecule has 2 aromatic carbocycles. The molecule has 21 heavy (non-hydrogen) atoms. The van der Waals surface area contributed by atoms with Crippen LogP contribution in [0.25, 0.3) is 10.9 Å². The molecule has 0 amide bonds. The summed E-state index contributed by atoms with van der Waals surface area (Å²) in [5.74, 6) is -0.371. The molecule has 4 heteroatoms. The molecule has 0 fully saturated rings. The Bertz CT molecular complexity index is 874. The Morgan fingerprint density at radius 3 is 2.67 bits per heavy atom. The molecule has 2 nitrogen and oxygen atoms in total. The van der Waals surface area contributed by atoms with Crippen LogP contribution in [0.1, 0.15) is 16.7 Å². The Hall–Kier alpha value is -2.31. The predicted octanol–water partition coefficient (Wildman–Crippen LogP) is 4.66. The molecule has 3 rings (SSSR count). The van der Waals surface area contributed by atoms with Crippen molar-refractivity contribution in [2.24, 2.45) is 0 Å². The van der Waals surface area contributed by atoms with Crippen LogP contribution in [0.4, 0.5) is 4.39 Å². The molecule has 1 aromatic heterocycles. The van der Waals surface area contributed by atoms with Crippen molar-refractivity contribution in [3.8, 4) is 6.07 Å². The second-order valence-corrected chi connectivity index (χ2v) is 5.28. The zero-order valence-corrected chi connectivity index (χ0v) is 12.2. The maximum absolute atomic E-state index is 14.2. The summed E-state index contributed by atoms with van der Waals surface area (Å²) in [5.41, 5.74) is 2.84. The molecule has 0 aliphatic rings. The Labute approximate surface area is 127 Å². The van der Waals surface area contributed by atoms with Crippen molar-refractivity contribution in [2.45, 2.75) is 13.5 Å². The minimum atomic E-state index is -0.371. The van der Waals surface area contributed by atoms with Crippen molar-refractivity contribution >= 4 is 22.5 Å². The first kappa shape index (κ1) is 13.7. The summed E-state index contributed by atoms with van der Waals surface area (Å²) in [7, 11) is 0. The van der Waals surface area contributed by atoms with E-state index >= 15 is 0 Å². The maximum atomic E-state index is 14.2. The molecule has 0 saturated carbocycles. The highest BCUT2D eigenvalue weighted by atomic mass is 35.5. The fourth-order valence-corrected chi connectivity index (χ4v) is 2.84. The first-order valence-electron chi connectivity index (χ1n) is 6.54. The van der Waals surface area contributed by atoms with Gasteiger partial charge in [0.2, 0.25) is 0 Å². The molecule has 104 valence electrons. The van der Waals surface area contributed by atoms with Gasteiger partial charge in [0.25, 0.3) is 0 Å². The average Bonchev–Trinajstić information content (AvgIpc) is 2.75. The third-order valence-corrected chi connectivity index (χ3v) is 4.06. The number of aromatic nitrogens is 1. The summed E-state index contributed by atoms with van der Waals surface area (Å²) >= 11 is 6.30. The van der Waals surface area contributed by atoms with Crippen molar-refractivity contribution in [3.63, 3.8) is 0 Å². The van der Waals surface area contributed by atoms with Gasteiger partial charge in [0.15, 0.2) is 0 Å². The number of benzene rings is 2. The maximum Gasteiger partial charge on any atom is 0.147 e. The van der Waals surface area contributed by atoms with Gasteiger partial charge in [-0.25, -0.2) is 4.39 Å². The van der Waals surface area contributed by atoms with Gasteiger partial charge in [-0.2, -0.15) is 5.26 Å². The molecular formula is C17H12ClFN2. The summed E-state index contributed by atoms with van der Waals surface area (Å²) in [6, 6.07) is 14.6. The monoisotopic (exact) mass is 298 g/mol. The van der Waals surface area contributed by atoms with E-state index in [1.54, 1.807) is 16.7 Å². The normalized spacial score (nSPS) is 10.8. The van der Waals surface area contributed by atoms with Crippen LogP contribution in [-0.2, 0) is 6.54 Å². The third kappa shape index (κ3) is 2.18. The van der Waals surface area contributed by atoms with E-state index in [-0.39, 0.29) is 11.0 Å². The van der Waals surface area contributed by atoms with Crippen LogP contribution in [0.15, 0.2) is 42.5 Å². The Morgan fingerprint density at radius 1 is 1.19 bits per heavy atom. The van der Waals surface area contributed by atoms with Gasteiger partial charge >= 0.3 is 0 Å². The van der Waals surface area contributed by atoms with Crippen LogP contribution in [-0.4, -0.2) is 4.57 Å². The standard InChI is InChI=1S/C17H12ClFN2/c1-11-5-2-3-6-12(11)10-21-16-13(7-4-8-15(16)19)14(9-20)17(21)18/h2-8H,10H2,1H3. The smallest absolute Gasteiger partial charge is 0.147 e. The highest BCUT2D eigenvalue weighted by molar-refractivity contribution is 6.32. The highest BCUT2D eigenvalue weighted by Crippen LogP contribution is 2.32. The number of para-hydroxylation sites is 1. The summed E-state index contributed by atoms with van der Waals surface area (Å²) in [6.45, 7) is 2.43. The Morgan fingerprint density at radius 2 is 1.95 bits per heavy atom. The van der Waals surface area contributed by atoms with E-state index in [0.717, 1.165) is 11.1 Å². The zero-order chi connectivity index (χ0) is 15.0. The number of halogens is 2. The molecule has 0 unspecified atom stereocenters. The lowest BCUT2D eigenvalue weighted by molar-refractivity contribution is 0.628. The van der Waals surface area contributed by atoms with E-state index < -0.39 is 0 Å². The number of aryl methyl sites for hydroxylation is 1. The summed E-state index contributed by atoms with van der Waals surface area (Å²) in [4.78, 5) is 0. The van der Waals surface area contributed by atoms with E-state index in [4.69, 9.17) is 11.6 Å². The molecular weight excluding hydrogens is 287 g/mol. The van der Waals surface area contributed by atoms with Gasteiger partial charge in [-0.15, -0.1) is 0 Å². The lowest BCUT2D eigenvalue weighted by Gasteiger charge is -2.10. The van der Waals surface area contributed by atoms with Crippen molar-refractivity contribution in [1.82, 2.24) is 4.57 Å². The second kappa shape index (κ2) is 5.23. The van der Waals surface area contributed by atoms with Crippen molar-refractivity contribution in [1.29, 1.82) is 5.26 Å². The second-order valence-electron chi connectivity index (χ2n) is 4.93. The lowest BCUT2D eigenvalue weighted by Crippen LogP contribution is -2.02. The molecule has 0 N–H and O–H groups in total. The van der Waals surface area contributed by atoms with E-state index in [1.165, 1.54) is 6.07 Å². The third-order valence-electron chi connectivity index (χ3n) is 3.67. The number of hydrogen-bond acceptors (Lipinski definition) is 1. The van der Waals surface area contributed by atoms with Crippen LogP contribution < -0.4 is 0 Å². The molecule has 3 aromatic rings. The van der Waals surface area contributed by atoms with Crippen LogP contribution >= 0.6 is 11.6 Å². The van der Waals surface area contributed by atoms with Crippen LogP contribution in [0.2, 0.25) is 5.15 Å². The number of hydrogen-bond donors (Lipinski definition) is 0. The van der Waals surface area contributed by atoms with Crippen LogP contribution in [0.5, 0.6) is 0 Å². The number of nitrogens with zero attached hydrogens (tertiary/aromatic N) is 2. The number of nitriles is 1. The van der Waals surface area contributed by atoms with Crippen molar-refractivity contribution in [3.05, 3.63) is 70.1 Å². The van der Waals surface area contributed by atoms with Gasteiger partial charge < -0.3 is 4.57 Å². The minimum absolute atomic E-state index is 0.279. The predicted molar refractivity (Wildman–Crippen MR) is 81.9 cm³/mol. The van der Waals surface area contributed by atoms with E-state index in [2.05, 4.69) is 6.07 Å². The zero-order valence-electron chi connectivity index (χ0n) is 11.4. The van der Waals surface area contributed by atoms with Gasteiger partial charge in [0.05, 0.1) is 11.1 Å². The number of fused-ring (bicyclic) bond motifs is 1. The molecule has 0 aliphatic carbocycles. The molecule has 0 radical (unpaired) electrons. The largest absolute Gasteiger partial charge is 0.324 e. The van der Waals surface area contributed by atoms with Crippen molar-refractivity contribution in [2.75, 3.05) is 0 Å². The van der Waals surface area contributed by atoms with Gasteiger partial charge in [-0.1, -0.05) is 48.0 Å². The fourth-order valence-electron chi connectivity index (χ4n) is 2.55. The molecule has 0 saturated heterocycles. The average molecular weight is 299 g/mol. The molecule has 0 atom stereocenters. The first-order chi connectivity index (χ1) is 10.1. The molecule has 0 spiro atoms. The molecule has 1 heterocycles. The van der Waals surface area contributed by atoms with Crippen molar-refractivity contribution < 1.29 is 4.39 Å². The molecule has 0 aliphatic heterocycles. The summed E-state index contributed by atoms with van der Waals surface area (Å²) in [5, 5.41) is 10.1. The fraction of sp³-hybridized carbons (Fsp3) is 0.118.